The quantitative estimate of drug-likeness (QED) is 0.656. The summed E-state index contributed by atoms with van der Waals surface area (Å²) in [5.41, 5.74) is 8.76. The molecule has 2 aliphatic carbocycles. The van der Waals surface area contributed by atoms with Gasteiger partial charge in [-0.15, -0.1) is 0 Å². The number of anilines is 1. The number of nitrogens with two attached hydrogens (primary N) is 1. The molecule has 2 heteroatoms. The summed E-state index contributed by atoms with van der Waals surface area (Å²) in [4.78, 5) is 11.9. The van der Waals surface area contributed by atoms with Gasteiger partial charge in [0.2, 0.25) is 0 Å². The van der Waals surface area contributed by atoms with Gasteiger partial charge in [-0.2, -0.15) is 0 Å². The Labute approximate surface area is 89.5 Å². The lowest BCUT2D eigenvalue weighted by molar-refractivity contribution is 0.0974. The number of hydrogen-bond acceptors (Lipinski definition) is 2. The number of ketones is 1. The van der Waals surface area contributed by atoms with Crippen molar-refractivity contribution in [2.24, 2.45) is 0 Å². The average Bonchev–Trinajstić information content (AvgIpc) is 2.76. The van der Waals surface area contributed by atoms with Crippen molar-refractivity contribution in [2.45, 2.75) is 37.5 Å². The van der Waals surface area contributed by atoms with E-state index < -0.39 is 0 Å². The average molecular weight is 201 g/mol. The normalized spacial score (nSPS) is 22.3. The van der Waals surface area contributed by atoms with E-state index in [4.69, 9.17) is 5.73 Å². The summed E-state index contributed by atoms with van der Waals surface area (Å²) in [7, 11) is 0. The molecular formula is C13H15NO. The van der Waals surface area contributed by atoms with Gasteiger partial charge in [0.25, 0.3) is 0 Å². The molecule has 78 valence electrons. The van der Waals surface area contributed by atoms with E-state index in [0.717, 1.165) is 5.56 Å². The van der Waals surface area contributed by atoms with Gasteiger partial charge in [0.15, 0.2) is 5.78 Å². The lowest BCUT2D eigenvalue weighted by Crippen LogP contribution is -2.18. The van der Waals surface area contributed by atoms with Gasteiger partial charge >= 0.3 is 0 Å². The Balaban J connectivity index is 2.17. The van der Waals surface area contributed by atoms with Crippen LogP contribution in [-0.2, 0) is 5.41 Å². The van der Waals surface area contributed by atoms with Crippen LogP contribution in [-0.4, -0.2) is 5.78 Å². The number of benzene rings is 1. The first-order valence-corrected chi connectivity index (χ1v) is 5.65. The first kappa shape index (κ1) is 8.96. The standard InChI is InChI=1S/C13H15NO/c14-9-3-4-11-10(7-9)12(15)8-13(11)5-1-2-6-13/h3-4,7H,1-2,5-6,8,14H2. The number of Topliss-reactive ketones (excluding diaryl/α,β-unsaturated/α-hetero) is 1. The van der Waals surface area contributed by atoms with Crippen LogP contribution in [0.5, 0.6) is 0 Å². The van der Waals surface area contributed by atoms with E-state index in [9.17, 15) is 4.79 Å². The number of fused-ring (bicyclic) bond motifs is 2. The molecule has 1 spiro atoms. The van der Waals surface area contributed by atoms with Crippen LogP contribution in [0, 0.1) is 0 Å². The molecule has 2 aliphatic rings. The number of carbonyl (C=O) groups is 1. The molecule has 0 atom stereocenters. The fraction of sp³-hybridized carbons (Fsp3) is 0.462. The molecule has 0 bridgehead atoms. The zero-order valence-corrected chi connectivity index (χ0v) is 8.75. The second-order valence-electron chi connectivity index (χ2n) is 4.89. The third-order valence-electron chi connectivity index (χ3n) is 3.97. The van der Waals surface area contributed by atoms with Crippen LogP contribution < -0.4 is 5.73 Å². The van der Waals surface area contributed by atoms with Gasteiger partial charge in [-0.1, -0.05) is 18.9 Å². The molecule has 0 heterocycles. The highest BCUT2D eigenvalue weighted by molar-refractivity contribution is 6.03. The van der Waals surface area contributed by atoms with Crippen molar-refractivity contribution in [2.75, 3.05) is 5.73 Å². The van der Waals surface area contributed by atoms with Gasteiger partial charge in [-0.05, 0) is 30.5 Å². The maximum atomic E-state index is 11.9. The third-order valence-corrected chi connectivity index (χ3v) is 3.97. The highest BCUT2D eigenvalue weighted by atomic mass is 16.1. The Morgan fingerprint density at radius 1 is 1.20 bits per heavy atom. The highest BCUT2D eigenvalue weighted by Gasteiger charge is 2.44. The summed E-state index contributed by atoms with van der Waals surface area (Å²) >= 11 is 0. The Kier molecular flexibility index (Phi) is 1.70. The van der Waals surface area contributed by atoms with Crippen molar-refractivity contribution in [3.05, 3.63) is 29.3 Å². The Morgan fingerprint density at radius 3 is 2.67 bits per heavy atom. The molecule has 0 amide bonds. The Morgan fingerprint density at radius 2 is 1.93 bits per heavy atom. The third kappa shape index (κ3) is 1.14. The zero-order chi connectivity index (χ0) is 10.5. The second kappa shape index (κ2) is 2.84. The molecule has 3 rings (SSSR count). The molecule has 2 nitrogen and oxygen atoms in total. The predicted molar refractivity (Wildman–Crippen MR) is 59.9 cm³/mol. The van der Waals surface area contributed by atoms with Crippen LogP contribution in [0.1, 0.15) is 48.0 Å². The maximum absolute atomic E-state index is 11.9. The van der Waals surface area contributed by atoms with E-state index in [0.29, 0.717) is 17.9 Å². The van der Waals surface area contributed by atoms with E-state index in [1.54, 1.807) is 0 Å². The monoisotopic (exact) mass is 201 g/mol. The van der Waals surface area contributed by atoms with Crippen molar-refractivity contribution in [1.29, 1.82) is 0 Å². The number of rotatable bonds is 0. The van der Waals surface area contributed by atoms with Crippen LogP contribution in [0.4, 0.5) is 5.69 Å². The van der Waals surface area contributed by atoms with Crippen LogP contribution in [0.25, 0.3) is 0 Å². The SMILES string of the molecule is Nc1ccc2c(c1)C(=O)CC21CCCC1. The molecule has 0 aliphatic heterocycles. The predicted octanol–water partition coefficient (Wildman–Crippen LogP) is 2.67. The highest BCUT2D eigenvalue weighted by Crippen LogP contribution is 2.50. The lowest BCUT2D eigenvalue weighted by Gasteiger charge is -2.23. The second-order valence-corrected chi connectivity index (χ2v) is 4.89. The number of hydrogen-bond donors (Lipinski definition) is 1. The first-order chi connectivity index (χ1) is 7.21. The van der Waals surface area contributed by atoms with E-state index in [1.165, 1.54) is 31.2 Å². The largest absolute Gasteiger partial charge is 0.399 e. The molecule has 1 saturated carbocycles. The summed E-state index contributed by atoms with van der Waals surface area (Å²) in [6.45, 7) is 0. The van der Waals surface area contributed by atoms with Gasteiger partial charge in [0, 0.05) is 23.1 Å². The fourth-order valence-corrected chi connectivity index (χ4v) is 3.25. The minimum absolute atomic E-state index is 0.181. The Bertz CT molecular complexity index is 430. The van der Waals surface area contributed by atoms with Crippen molar-refractivity contribution >= 4 is 11.5 Å². The van der Waals surface area contributed by atoms with Crippen LogP contribution in [0.15, 0.2) is 18.2 Å². The molecular weight excluding hydrogens is 186 g/mol. The van der Waals surface area contributed by atoms with E-state index in [-0.39, 0.29) is 5.41 Å². The van der Waals surface area contributed by atoms with Crippen molar-refractivity contribution in [3.63, 3.8) is 0 Å². The van der Waals surface area contributed by atoms with Gasteiger partial charge in [-0.3, -0.25) is 4.79 Å². The fourth-order valence-electron chi connectivity index (χ4n) is 3.25. The number of nitrogen functional groups attached to an aromatic ring is 1. The van der Waals surface area contributed by atoms with Gasteiger partial charge in [-0.25, -0.2) is 0 Å². The molecule has 1 fully saturated rings. The van der Waals surface area contributed by atoms with Crippen molar-refractivity contribution in [3.8, 4) is 0 Å². The van der Waals surface area contributed by atoms with E-state index >= 15 is 0 Å². The Hall–Kier alpha value is -1.31. The molecule has 0 unspecified atom stereocenters. The van der Waals surface area contributed by atoms with Gasteiger partial charge in [0.05, 0.1) is 0 Å². The molecule has 0 aromatic heterocycles. The summed E-state index contributed by atoms with van der Waals surface area (Å²) in [5, 5.41) is 0. The van der Waals surface area contributed by atoms with Crippen LogP contribution in [0.2, 0.25) is 0 Å². The smallest absolute Gasteiger partial charge is 0.164 e. The zero-order valence-electron chi connectivity index (χ0n) is 8.75. The number of carbonyl (C=O) groups excluding carboxylic acids is 1. The van der Waals surface area contributed by atoms with Gasteiger partial charge in [0.1, 0.15) is 0 Å². The first-order valence-electron chi connectivity index (χ1n) is 5.65. The molecule has 1 aromatic rings. The summed E-state index contributed by atoms with van der Waals surface area (Å²) in [6, 6.07) is 5.85. The lowest BCUT2D eigenvalue weighted by atomic mass is 9.80. The molecule has 15 heavy (non-hydrogen) atoms. The summed E-state index contributed by atoms with van der Waals surface area (Å²) < 4.78 is 0. The molecule has 0 radical (unpaired) electrons. The minimum Gasteiger partial charge on any atom is -0.399 e. The van der Waals surface area contributed by atoms with Gasteiger partial charge < -0.3 is 5.73 Å². The van der Waals surface area contributed by atoms with Crippen molar-refractivity contribution < 1.29 is 4.79 Å². The molecule has 2 N–H and O–H groups in total. The topological polar surface area (TPSA) is 43.1 Å². The maximum Gasteiger partial charge on any atom is 0.164 e. The summed E-state index contributed by atoms with van der Waals surface area (Å²) in [6.07, 6.45) is 5.59. The molecule has 0 saturated heterocycles. The van der Waals surface area contributed by atoms with E-state index in [2.05, 4.69) is 6.07 Å². The molecule has 1 aromatic carbocycles. The minimum atomic E-state index is 0.181. The van der Waals surface area contributed by atoms with E-state index in [1.807, 2.05) is 12.1 Å². The van der Waals surface area contributed by atoms with Crippen molar-refractivity contribution in [1.82, 2.24) is 0 Å². The van der Waals surface area contributed by atoms with Crippen LogP contribution >= 0.6 is 0 Å². The van der Waals surface area contributed by atoms with Crippen LogP contribution in [0.3, 0.4) is 0 Å². The summed E-state index contributed by atoms with van der Waals surface area (Å²) in [5.74, 6) is 0.291.